The van der Waals surface area contributed by atoms with E-state index in [0.29, 0.717) is 12.5 Å². The molecule has 0 saturated heterocycles. The lowest BCUT2D eigenvalue weighted by molar-refractivity contribution is -0.120. The summed E-state index contributed by atoms with van der Waals surface area (Å²) >= 11 is 1.62. The van der Waals surface area contributed by atoms with E-state index in [0.717, 1.165) is 11.3 Å². The van der Waals surface area contributed by atoms with Gasteiger partial charge >= 0.3 is 0 Å². The summed E-state index contributed by atoms with van der Waals surface area (Å²) in [5.41, 5.74) is 1.42. The SMILES string of the molecule is COCCn1c(C)c(C)sc1=NC(=O)[C@@H]1[C@H]2CCCC[C@]21C. The molecule has 0 aliphatic heterocycles. The summed E-state index contributed by atoms with van der Waals surface area (Å²) in [4.78, 5) is 19.3. The van der Waals surface area contributed by atoms with Gasteiger partial charge in [0.2, 0.25) is 0 Å². The Kier molecular flexibility index (Phi) is 4.29. The minimum Gasteiger partial charge on any atom is -0.383 e. The number of carbonyl (C=O) groups excluding carboxylic acids is 1. The second-order valence-electron chi connectivity index (χ2n) is 6.96. The molecule has 2 fully saturated rings. The van der Waals surface area contributed by atoms with Gasteiger partial charge < -0.3 is 9.30 Å². The van der Waals surface area contributed by atoms with Gasteiger partial charge in [0, 0.05) is 30.1 Å². The monoisotopic (exact) mass is 322 g/mol. The van der Waals surface area contributed by atoms with Gasteiger partial charge in [-0.15, -0.1) is 11.3 Å². The molecule has 1 aromatic heterocycles. The quantitative estimate of drug-likeness (QED) is 0.855. The van der Waals surface area contributed by atoms with Gasteiger partial charge in [-0.25, -0.2) is 0 Å². The number of aromatic nitrogens is 1. The summed E-state index contributed by atoms with van der Waals surface area (Å²) in [6.45, 7) is 7.85. The van der Waals surface area contributed by atoms with E-state index in [1.807, 2.05) is 0 Å². The molecule has 0 N–H and O–H groups in total. The molecule has 5 heteroatoms. The molecular formula is C17H26N2O2S. The van der Waals surface area contributed by atoms with Crippen LogP contribution in [0.1, 0.15) is 43.2 Å². The lowest BCUT2D eigenvalue weighted by Gasteiger charge is -2.15. The first-order valence-electron chi connectivity index (χ1n) is 8.23. The van der Waals surface area contributed by atoms with Gasteiger partial charge in [-0.2, -0.15) is 4.99 Å². The van der Waals surface area contributed by atoms with Crippen molar-refractivity contribution in [3.05, 3.63) is 15.4 Å². The Hall–Kier alpha value is -0.940. The topological polar surface area (TPSA) is 43.6 Å². The van der Waals surface area contributed by atoms with Crippen LogP contribution in [0.4, 0.5) is 0 Å². The number of rotatable bonds is 4. The maximum Gasteiger partial charge on any atom is 0.252 e. The molecule has 122 valence electrons. The summed E-state index contributed by atoms with van der Waals surface area (Å²) in [5, 5.41) is 0. The third-order valence-electron chi connectivity index (χ3n) is 5.71. The molecule has 0 unspecified atom stereocenters. The number of ether oxygens (including phenoxy) is 1. The van der Waals surface area contributed by atoms with Crippen LogP contribution in [0.2, 0.25) is 0 Å². The molecule has 2 aliphatic carbocycles. The summed E-state index contributed by atoms with van der Waals surface area (Å²) in [6, 6.07) is 0. The highest BCUT2D eigenvalue weighted by atomic mass is 32.1. The molecule has 0 bridgehead atoms. The standard InChI is InChI=1S/C17H26N2O2S/c1-11-12(2)22-16(19(11)9-10-21-4)18-15(20)14-13-7-5-6-8-17(13,14)3/h13-14H,5-10H2,1-4H3/t13-,14+,17-/m1/s1. The average molecular weight is 322 g/mol. The molecular weight excluding hydrogens is 296 g/mol. The predicted molar refractivity (Wildman–Crippen MR) is 87.8 cm³/mol. The zero-order valence-corrected chi connectivity index (χ0v) is 14.8. The molecule has 1 heterocycles. The van der Waals surface area contributed by atoms with Crippen molar-refractivity contribution in [1.82, 2.24) is 4.57 Å². The maximum absolute atomic E-state index is 12.7. The summed E-state index contributed by atoms with van der Waals surface area (Å²) in [5.74, 6) is 0.836. The molecule has 1 amide bonds. The fourth-order valence-corrected chi connectivity index (χ4v) is 5.12. The van der Waals surface area contributed by atoms with Crippen molar-refractivity contribution in [2.24, 2.45) is 22.2 Å². The van der Waals surface area contributed by atoms with Crippen molar-refractivity contribution < 1.29 is 9.53 Å². The first-order valence-corrected chi connectivity index (χ1v) is 9.05. The third-order valence-corrected chi connectivity index (χ3v) is 6.81. The highest BCUT2D eigenvalue weighted by Crippen LogP contribution is 2.66. The molecule has 3 rings (SSSR count). The number of hydrogen-bond donors (Lipinski definition) is 0. The largest absolute Gasteiger partial charge is 0.383 e. The van der Waals surface area contributed by atoms with Crippen LogP contribution >= 0.6 is 11.3 Å². The van der Waals surface area contributed by atoms with Gasteiger partial charge in [0.25, 0.3) is 5.91 Å². The smallest absolute Gasteiger partial charge is 0.252 e. The fourth-order valence-electron chi connectivity index (χ4n) is 4.11. The van der Waals surface area contributed by atoms with E-state index in [1.165, 1.54) is 36.3 Å². The second-order valence-corrected chi connectivity index (χ2v) is 8.14. The number of fused-ring (bicyclic) bond motifs is 1. The molecule has 0 radical (unpaired) electrons. The van der Waals surface area contributed by atoms with Crippen molar-refractivity contribution in [2.75, 3.05) is 13.7 Å². The molecule has 2 aliphatic rings. The highest BCUT2D eigenvalue weighted by Gasteiger charge is 2.64. The predicted octanol–water partition coefficient (Wildman–Crippen LogP) is 3.07. The minimum atomic E-state index is 0.0989. The van der Waals surface area contributed by atoms with E-state index < -0.39 is 0 Å². The second kappa shape index (κ2) is 5.93. The van der Waals surface area contributed by atoms with Gasteiger partial charge in [0.15, 0.2) is 4.80 Å². The number of hydrogen-bond acceptors (Lipinski definition) is 3. The lowest BCUT2D eigenvalue weighted by atomic mass is 9.90. The number of amides is 1. The van der Waals surface area contributed by atoms with Crippen LogP contribution in [0.3, 0.4) is 0 Å². The summed E-state index contributed by atoms with van der Waals surface area (Å²) in [7, 11) is 1.70. The fraction of sp³-hybridized carbons (Fsp3) is 0.765. The van der Waals surface area contributed by atoms with Crippen LogP contribution in [0.5, 0.6) is 0 Å². The van der Waals surface area contributed by atoms with Gasteiger partial charge in [0.1, 0.15) is 0 Å². The van der Waals surface area contributed by atoms with E-state index in [-0.39, 0.29) is 17.2 Å². The van der Waals surface area contributed by atoms with Crippen molar-refractivity contribution in [3.63, 3.8) is 0 Å². The van der Waals surface area contributed by atoms with E-state index in [1.54, 1.807) is 18.4 Å². The molecule has 2 saturated carbocycles. The van der Waals surface area contributed by atoms with E-state index in [4.69, 9.17) is 4.74 Å². The number of methoxy groups -OCH3 is 1. The minimum absolute atomic E-state index is 0.0989. The van der Waals surface area contributed by atoms with Crippen LogP contribution < -0.4 is 4.80 Å². The van der Waals surface area contributed by atoms with Crippen LogP contribution in [-0.2, 0) is 16.1 Å². The van der Waals surface area contributed by atoms with Crippen molar-refractivity contribution in [3.8, 4) is 0 Å². The van der Waals surface area contributed by atoms with Gasteiger partial charge in [-0.05, 0) is 38.0 Å². The van der Waals surface area contributed by atoms with Crippen molar-refractivity contribution in [1.29, 1.82) is 0 Å². The van der Waals surface area contributed by atoms with Crippen LogP contribution in [0.15, 0.2) is 4.99 Å². The molecule has 22 heavy (non-hydrogen) atoms. The molecule has 1 aromatic rings. The van der Waals surface area contributed by atoms with Crippen LogP contribution in [0.25, 0.3) is 0 Å². The van der Waals surface area contributed by atoms with Crippen LogP contribution in [-0.4, -0.2) is 24.2 Å². The Morgan fingerprint density at radius 3 is 2.86 bits per heavy atom. The Labute approximate surface area is 136 Å². The summed E-state index contributed by atoms with van der Waals surface area (Å²) < 4.78 is 7.30. The third kappa shape index (κ3) is 2.58. The number of thiazole rings is 1. The first-order chi connectivity index (χ1) is 10.5. The van der Waals surface area contributed by atoms with Crippen molar-refractivity contribution >= 4 is 17.2 Å². The maximum atomic E-state index is 12.7. The average Bonchev–Trinajstić information content (AvgIpc) is 3.03. The zero-order valence-electron chi connectivity index (χ0n) is 14.0. The Bertz CT molecular complexity index is 646. The van der Waals surface area contributed by atoms with E-state index in [9.17, 15) is 4.79 Å². The van der Waals surface area contributed by atoms with Crippen LogP contribution in [0, 0.1) is 31.1 Å². The first kappa shape index (κ1) is 15.9. The Morgan fingerprint density at radius 2 is 2.23 bits per heavy atom. The van der Waals surface area contributed by atoms with Crippen molar-refractivity contribution in [2.45, 2.75) is 53.0 Å². The molecule has 0 spiro atoms. The van der Waals surface area contributed by atoms with Gasteiger partial charge in [0.05, 0.1) is 6.61 Å². The Balaban J connectivity index is 1.86. The molecule has 3 atom stereocenters. The van der Waals surface area contributed by atoms with E-state index in [2.05, 4.69) is 30.3 Å². The molecule has 4 nitrogen and oxygen atoms in total. The molecule has 0 aromatic carbocycles. The normalized spacial score (nSPS) is 31.2. The Morgan fingerprint density at radius 1 is 1.45 bits per heavy atom. The number of nitrogens with zero attached hydrogens (tertiary/aromatic N) is 2. The van der Waals surface area contributed by atoms with Gasteiger partial charge in [-0.3, -0.25) is 4.79 Å². The number of carbonyl (C=O) groups is 1. The highest BCUT2D eigenvalue weighted by molar-refractivity contribution is 7.09. The number of aryl methyl sites for hydroxylation is 1. The summed E-state index contributed by atoms with van der Waals surface area (Å²) in [6.07, 6.45) is 4.93. The lowest BCUT2D eigenvalue weighted by Crippen LogP contribution is -2.21. The zero-order chi connectivity index (χ0) is 15.9. The van der Waals surface area contributed by atoms with E-state index >= 15 is 0 Å². The van der Waals surface area contributed by atoms with Gasteiger partial charge in [-0.1, -0.05) is 19.8 Å².